The molecule has 1 unspecified atom stereocenters. The number of hydrogen-bond acceptors (Lipinski definition) is 3. The summed E-state index contributed by atoms with van der Waals surface area (Å²) in [5, 5.41) is 2.85. The van der Waals surface area contributed by atoms with Crippen LogP contribution in [-0.2, 0) is 16.0 Å². The van der Waals surface area contributed by atoms with E-state index in [1.54, 1.807) is 6.07 Å². The van der Waals surface area contributed by atoms with Crippen molar-refractivity contribution in [2.45, 2.75) is 32.6 Å². The molecule has 0 aromatic heterocycles. The van der Waals surface area contributed by atoms with Crippen LogP contribution in [0.2, 0.25) is 0 Å². The van der Waals surface area contributed by atoms with Gasteiger partial charge in [0, 0.05) is 17.2 Å². The first-order valence-corrected chi connectivity index (χ1v) is 10.3. The van der Waals surface area contributed by atoms with Crippen LogP contribution in [-0.4, -0.2) is 17.7 Å². The molecule has 0 saturated heterocycles. The predicted molar refractivity (Wildman–Crippen MR) is 121 cm³/mol. The monoisotopic (exact) mass is 415 g/mol. The normalized spacial score (nSPS) is 17.0. The minimum absolute atomic E-state index is 0.173. The van der Waals surface area contributed by atoms with Gasteiger partial charge in [0.15, 0.2) is 0 Å². The first kappa shape index (κ1) is 20.6. The fourth-order valence-corrected chi connectivity index (χ4v) is 4.83. The highest BCUT2D eigenvalue weighted by Crippen LogP contribution is 2.48. The van der Waals surface area contributed by atoms with Crippen molar-refractivity contribution >= 4 is 29.0 Å². The van der Waals surface area contributed by atoms with E-state index < -0.39 is 5.91 Å². The van der Waals surface area contributed by atoms with E-state index in [1.807, 2.05) is 31.2 Å². The molecule has 2 aliphatic rings. The largest absolute Gasteiger partial charge is 0.369 e. The Balaban J connectivity index is 1.88. The molecular formula is C25H25N3O3. The number of hydrogen-bond donors (Lipinski definition) is 3. The number of carbonyl (C=O) groups is 3. The predicted octanol–water partition coefficient (Wildman–Crippen LogP) is 3.48. The summed E-state index contributed by atoms with van der Waals surface area (Å²) in [6.07, 6.45) is 3.89. The Kier molecular flexibility index (Phi) is 5.23. The smallest absolute Gasteiger partial charge is 0.249 e. The maximum atomic E-state index is 12.1. The third-order valence-corrected chi connectivity index (χ3v) is 6.40. The second kappa shape index (κ2) is 7.87. The van der Waals surface area contributed by atoms with Gasteiger partial charge in [0.05, 0.1) is 0 Å². The highest BCUT2D eigenvalue weighted by atomic mass is 16.2. The summed E-state index contributed by atoms with van der Waals surface area (Å²) in [4.78, 5) is 35.7. The summed E-state index contributed by atoms with van der Waals surface area (Å²) >= 11 is 0. The molecule has 0 bridgehead atoms. The third-order valence-electron chi connectivity index (χ3n) is 6.40. The molecule has 31 heavy (non-hydrogen) atoms. The number of carbonyl (C=O) groups excluding carboxylic acids is 3. The number of amides is 3. The first-order valence-electron chi connectivity index (χ1n) is 10.3. The Morgan fingerprint density at radius 3 is 2.58 bits per heavy atom. The average Bonchev–Trinajstić information content (AvgIpc) is 3.13. The summed E-state index contributed by atoms with van der Waals surface area (Å²) in [6.45, 7) is 5.46. The molecule has 3 amide bonds. The number of anilines is 1. The second-order valence-electron chi connectivity index (χ2n) is 8.15. The Labute approximate surface area is 181 Å². The van der Waals surface area contributed by atoms with Gasteiger partial charge in [-0.05, 0) is 84.2 Å². The SMILES string of the molecule is C=CC(=O)Nc1cccc(-c2ccc(C(N)=O)c3c2C2=C(C3)CC(C(N)=O)CC2)c1C. The van der Waals surface area contributed by atoms with Crippen LogP contribution < -0.4 is 16.8 Å². The summed E-state index contributed by atoms with van der Waals surface area (Å²) in [5.41, 5.74) is 19.6. The molecule has 2 aromatic rings. The number of rotatable bonds is 5. The number of benzene rings is 2. The van der Waals surface area contributed by atoms with E-state index in [1.165, 1.54) is 11.6 Å². The number of primary amides is 2. The lowest BCUT2D eigenvalue weighted by molar-refractivity contribution is -0.122. The van der Waals surface area contributed by atoms with E-state index in [0.717, 1.165) is 39.8 Å². The van der Waals surface area contributed by atoms with Crippen molar-refractivity contribution in [1.29, 1.82) is 0 Å². The highest BCUT2D eigenvalue weighted by Gasteiger charge is 2.34. The van der Waals surface area contributed by atoms with Gasteiger partial charge in [0.25, 0.3) is 0 Å². The molecule has 0 saturated carbocycles. The van der Waals surface area contributed by atoms with E-state index in [-0.39, 0.29) is 17.7 Å². The van der Waals surface area contributed by atoms with Gasteiger partial charge in [0.1, 0.15) is 0 Å². The molecule has 0 radical (unpaired) electrons. The summed E-state index contributed by atoms with van der Waals surface area (Å²) < 4.78 is 0. The summed E-state index contributed by atoms with van der Waals surface area (Å²) in [7, 11) is 0. The number of allylic oxidation sites excluding steroid dienone is 2. The lowest BCUT2D eigenvalue weighted by atomic mass is 9.82. The van der Waals surface area contributed by atoms with Crippen LogP contribution >= 0.6 is 0 Å². The topological polar surface area (TPSA) is 115 Å². The zero-order chi connectivity index (χ0) is 22.3. The number of nitrogens with two attached hydrogens (primary N) is 2. The lowest BCUT2D eigenvalue weighted by Crippen LogP contribution is -2.25. The van der Waals surface area contributed by atoms with Crippen LogP contribution in [0.15, 0.2) is 48.6 Å². The van der Waals surface area contributed by atoms with Crippen molar-refractivity contribution < 1.29 is 14.4 Å². The van der Waals surface area contributed by atoms with Crippen molar-refractivity contribution in [3.8, 4) is 11.1 Å². The van der Waals surface area contributed by atoms with Crippen molar-refractivity contribution in [2.75, 3.05) is 5.32 Å². The molecule has 2 aromatic carbocycles. The Morgan fingerprint density at radius 2 is 1.90 bits per heavy atom. The van der Waals surface area contributed by atoms with Crippen LogP contribution in [0, 0.1) is 12.8 Å². The van der Waals surface area contributed by atoms with Crippen molar-refractivity contribution in [1.82, 2.24) is 0 Å². The van der Waals surface area contributed by atoms with Gasteiger partial charge in [-0.1, -0.05) is 30.4 Å². The Bertz CT molecular complexity index is 1180. The molecular weight excluding hydrogens is 390 g/mol. The molecule has 2 aliphatic carbocycles. The molecule has 158 valence electrons. The molecule has 5 N–H and O–H groups in total. The fraction of sp³-hybridized carbons (Fsp3) is 0.240. The van der Waals surface area contributed by atoms with Crippen molar-refractivity contribution in [3.05, 3.63) is 70.8 Å². The minimum Gasteiger partial charge on any atom is -0.369 e. The van der Waals surface area contributed by atoms with E-state index >= 15 is 0 Å². The summed E-state index contributed by atoms with van der Waals surface area (Å²) in [5.74, 6) is -1.19. The minimum atomic E-state index is -0.460. The molecule has 0 fully saturated rings. The average molecular weight is 415 g/mol. The maximum absolute atomic E-state index is 12.1. The second-order valence-corrected chi connectivity index (χ2v) is 8.15. The quantitative estimate of drug-likeness (QED) is 0.649. The summed E-state index contributed by atoms with van der Waals surface area (Å²) in [6, 6.07) is 9.45. The van der Waals surface area contributed by atoms with Crippen LogP contribution in [0.3, 0.4) is 0 Å². The number of nitrogens with one attached hydrogen (secondary N) is 1. The standard InChI is InChI=1S/C25H25N3O3/c1-3-22(29)28-21-6-4-5-16(13(21)2)18-9-10-19(25(27)31)20-12-15-11-14(24(26)30)7-8-17(15)23(18)20/h3-6,9-10,14H,1,7-8,11-12H2,2H3,(H2,26,30)(H2,27,31)(H,28,29). The molecule has 0 heterocycles. The van der Waals surface area contributed by atoms with Crippen molar-refractivity contribution in [3.63, 3.8) is 0 Å². The van der Waals surface area contributed by atoms with E-state index in [2.05, 4.69) is 11.9 Å². The highest BCUT2D eigenvalue weighted by molar-refractivity contribution is 6.02. The molecule has 0 spiro atoms. The molecule has 4 rings (SSSR count). The Hall–Kier alpha value is -3.67. The fourth-order valence-electron chi connectivity index (χ4n) is 4.83. The zero-order valence-electron chi connectivity index (χ0n) is 17.5. The van der Waals surface area contributed by atoms with Gasteiger partial charge in [-0.25, -0.2) is 0 Å². The molecule has 0 aliphatic heterocycles. The van der Waals surface area contributed by atoms with Crippen molar-refractivity contribution in [2.24, 2.45) is 17.4 Å². The van der Waals surface area contributed by atoms with Crippen LogP contribution in [0.5, 0.6) is 0 Å². The maximum Gasteiger partial charge on any atom is 0.249 e. The van der Waals surface area contributed by atoms with Gasteiger partial charge in [-0.2, -0.15) is 0 Å². The van der Waals surface area contributed by atoms with Gasteiger partial charge in [0.2, 0.25) is 17.7 Å². The van der Waals surface area contributed by atoms with E-state index in [9.17, 15) is 14.4 Å². The van der Waals surface area contributed by atoms with Gasteiger partial charge < -0.3 is 16.8 Å². The van der Waals surface area contributed by atoms with Crippen LogP contribution in [0.1, 0.15) is 46.3 Å². The number of fused-ring (bicyclic) bond motifs is 2. The molecule has 1 atom stereocenters. The van der Waals surface area contributed by atoms with Crippen LogP contribution in [0.25, 0.3) is 16.7 Å². The van der Waals surface area contributed by atoms with Crippen LogP contribution in [0.4, 0.5) is 5.69 Å². The third kappa shape index (κ3) is 3.54. The lowest BCUT2D eigenvalue weighted by Gasteiger charge is -2.23. The molecule has 6 heteroatoms. The Morgan fingerprint density at radius 1 is 1.13 bits per heavy atom. The zero-order valence-corrected chi connectivity index (χ0v) is 17.5. The van der Waals surface area contributed by atoms with E-state index in [4.69, 9.17) is 11.5 Å². The van der Waals surface area contributed by atoms with Gasteiger partial charge >= 0.3 is 0 Å². The first-order chi connectivity index (χ1) is 14.8. The molecule has 6 nitrogen and oxygen atoms in total. The van der Waals surface area contributed by atoms with Gasteiger partial charge in [-0.3, -0.25) is 14.4 Å². The van der Waals surface area contributed by atoms with Gasteiger partial charge in [-0.15, -0.1) is 0 Å². The van der Waals surface area contributed by atoms with E-state index in [0.29, 0.717) is 30.5 Å².